The van der Waals surface area contributed by atoms with Gasteiger partial charge >= 0.3 is 0 Å². The standard InChI is InChI=1S/C27H25NO4/c1-27(2,3)19-10-8-17(9-11-19)24-16-23(29)22-13-12-20(15-25(22)32-24)28-26(30)18-6-5-7-21(14-18)31-4/h5-16H,1-4H3,(H,28,30). The van der Waals surface area contributed by atoms with E-state index in [-0.39, 0.29) is 16.8 Å². The van der Waals surface area contributed by atoms with Crippen LogP contribution in [0.5, 0.6) is 5.75 Å². The first-order valence-electron chi connectivity index (χ1n) is 10.4. The fourth-order valence-electron chi connectivity index (χ4n) is 3.48. The van der Waals surface area contributed by atoms with Crippen molar-refractivity contribution >= 4 is 22.6 Å². The van der Waals surface area contributed by atoms with Crippen LogP contribution in [0.2, 0.25) is 0 Å². The van der Waals surface area contributed by atoms with Gasteiger partial charge in [0.1, 0.15) is 17.1 Å². The molecule has 0 atom stereocenters. The molecular formula is C27H25NO4. The minimum absolute atomic E-state index is 0.0403. The number of rotatable bonds is 4. The molecule has 0 aliphatic carbocycles. The largest absolute Gasteiger partial charge is 0.497 e. The summed E-state index contributed by atoms with van der Waals surface area (Å²) in [7, 11) is 1.55. The number of anilines is 1. The molecule has 4 rings (SSSR count). The van der Waals surface area contributed by atoms with E-state index in [4.69, 9.17) is 9.15 Å². The Kier molecular flexibility index (Phi) is 5.57. The highest BCUT2D eigenvalue weighted by atomic mass is 16.5. The maximum absolute atomic E-state index is 12.7. The van der Waals surface area contributed by atoms with Crippen molar-refractivity contribution in [3.63, 3.8) is 0 Å². The zero-order valence-corrected chi connectivity index (χ0v) is 18.6. The van der Waals surface area contributed by atoms with Gasteiger partial charge in [-0.05, 0) is 41.3 Å². The van der Waals surface area contributed by atoms with E-state index >= 15 is 0 Å². The second kappa shape index (κ2) is 8.35. The summed E-state index contributed by atoms with van der Waals surface area (Å²) >= 11 is 0. The van der Waals surface area contributed by atoms with Gasteiger partial charge in [-0.25, -0.2) is 0 Å². The summed E-state index contributed by atoms with van der Waals surface area (Å²) in [5, 5.41) is 3.31. The third kappa shape index (κ3) is 4.42. The third-order valence-electron chi connectivity index (χ3n) is 5.35. The molecule has 0 spiro atoms. The van der Waals surface area contributed by atoms with Gasteiger partial charge in [-0.1, -0.05) is 51.1 Å². The lowest BCUT2D eigenvalue weighted by Crippen LogP contribution is -2.12. The Morgan fingerprint density at radius 2 is 1.69 bits per heavy atom. The summed E-state index contributed by atoms with van der Waals surface area (Å²) in [6, 6.07) is 21.4. The second-order valence-corrected chi connectivity index (χ2v) is 8.70. The first kappa shape index (κ1) is 21.4. The Morgan fingerprint density at radius 3 is 2.38 bits per heavy atom. The highest BCUT2D eigenvalue weighted by Gasteiger charge is 2.15. The Balaban J connectivity index is 1.66. The van der Waals surface area contributed by atoms with E-state index in [0.717, 1.165) is 5.56 Å². The Labute approximate surface area is 186 Å². The fraction of sp³-hybridized carbons (Fsp3) is 0.185. The van der Waals surface area contributed by atoms with E-state index in [0.29, 0.717) is 33.7 Å². The van der Waals surface area contributed by atoms with E-state index in [1.807, 2.05) is 24.3 Å². The lowest BCUT2D eigenvalue weighted by molar-refractivity contribution is 0.102. The van der Waals surface area contributed by atoms with Crippen LogP contribution in [-0.4, -0.2) is 13.0 Å². The second-order valence-electron chi connectivity index (χ2n) is 8.70. The average molecular weight is 428 g/mol. The minimum Gasteiger partial charge on any atom is -0.497 e. The monoisotopic (exact) mass is 427 g/mol. The summed E-state index contributed by atoms with van der Waals surface area (Å²) < 4.78 is 11.2. The molecule has 0 unspecified atom stereocenters. The predicted octanol–water partition coefficient (Wildman–Crippen LogP) is 6.02. The van der Waals surface area contributed by atoms with Crippen LogP contribution in [0.3, 0.4) is 0 Å². The van der Waals surface area contributed by atoms with Gasteiger partial charge in [0.15, 0.2) is 5.43 Å². The van der Waals surface area contributed by atoms with Gasteiger partial charge in [0.2, 0.25) is 0 Å². The van der Waals surface area contributed by atoms with Crippen LogP contribution >= 0.6 is 0 Å². The van der Waals surface area contributed by atoms with Crippen molar-refractivity contribution in [1.29, 1.82) is 0 Å². The highest BCUT2D eigenvalue weighted by molar-refractivity contribution is 6.05. The molecule has 32 heavy (non-hydrogen) atoms. The normalized spacial score (nSPS) is 11.4. The number of carbonyl (C=O) groups excluding carboxylic acids is 1. The molecule has 162 valence electrons. The molecule has 0 saturated carbocycles. The summed E-state index contributed by atoms with van der Waals surface area (Å²) in [6.45, 7) is 6.46. The summed E-state index contributed by atoms with van der Waals surface area (Å²) in [4.78, 5) is 25.3. The molecule has 0 radical (unpaired) electrons. The number of amides is 1. The molecule has 3 aromatic carbocycles. The van der Waals surface area contributed by atoms with Gasteiger partial charge in [-0.15, -0.1) is 0 Å². The smallest absolute Gasteiger partial charge is 0.255 e. The number of ether oxygens (including phenoxy) is 1. The van der Waals surface area contributed by atoms with Crippen molar-refractivity contribution in [2.24, 2.45) is 0 Å². The lowest BCUT2D eigenvalue weighted by atomic mass is 9.86. The molecule has 1 heterocycles. The minimum atomic E-state index is -0.278. The molecule has 0 bridgehead atoms. The van der Waals surface area contributed by atoms with Crippen LogP contribution < -0.4 is 15.5 Å². The van der Waals surface area contributed by atoms with Crippen LogP contribution in [0.15, 0.2) is 82.0 Å². The molecular weight excluding hydrogens is 402 g/mol. The van der Waals surface area contributed by atoms with Gasteiger partial charge in [0.05, 0.1) is 12.5 Å². The van der Waals surface area contributed by atoms with E-state index in [1.165, 1.54) is 11.6 Å². The van der Waals surface area contributed by atoms with Crippen molar-refractivity contribution in [3.05, 3.63) is 94.1 Å². The summed E-state index contributed by atoms with van der Waals surface area (Å²) in [5.41, 5.74) is 3.35. The van der Waals surface area contributed by atoms with Crippen molar-refractivity contribution in [2.45, 2.75) is 26.2 Å². The summed E-state index contributed by atoms with van der Waals surface area (Å²) in [6.07, 6.45) is 0. The van der Waals surface area contributed by atoms with Crippen LogP contribution in [0.25, 0.3) is 22.3 Å². The van der Waals surface area contributed by atoms with E-state index in [1.54, 1.807) is 49.6 Å². The van der Waals surface area contributed by atoms with Crippen LogP contribution in [0.4, 0.5) is 5.69 Å². The van der Waals surface area contributed by atoms with Gasteiger partial charge in [0.25, 0.3) is 5.91 Å². The number of carbonyl (C=O) groups is 1. The number of fused-ring (bicyclic) bond motifs is 1. The molecule has 4 aromatic rings. The van der Waals surface area contributed by atoms with Gasteiger partial charge in [-0.3, -0.25) is 9.59 Å². The van der Waals surface area contributed by atoms with Crippen molar-refractivity contribution < 1.29 is 13.9 Å². The fourth-order valence-corrected chi connectivity index (χ4v) is 3.48. The molecule has 5 heteroatoms. The average Bonchev–Trinajstić information content (AvgIpc) is 2.78. The maximum atomic E-state index is 12.7. The quantitative estimate of drug-likeness (QED) is 0.432. The van der Waals surface area contributed by atoms with Gasteiger partial charge in [-0.2, -0.15) is 0 Å². The Hall–Kier alpha value is -3.86. The van der Waals surface area contributed by atoms with Crippen LogP contribution in [0, 0.1) is 0 Å². The van der Waals surface area contributed by atoms with E-state index in [9.17, 15) is 9.59 Å². The number of nitrogens with one attached hydrogen (secondary N) is 1. The lowest BCUT2D eigenvalue weighted by Gasteiger charge is -2.19. The molecule has 5 nitrogen and oxygen atoms in total. The van der Waals surface area contributed by atoms with Gasteiger partial charge < -0.3 is 14.5 Å². The molecule has 1 N–H and O–H groups in total. The van der Waals surface area contributed by atoms with Crippen molar-refractivity contribution in [3.8, 4) is 17.1 Å². The number of methoxy groups -OCH3 is 1. The van der Waals surface area contributed by atoms with Gasteiger partial charge in [0, 0.05) is 28.9 Å². The zero-order chi connectivity index (χ0) is 22.9. The van der Waals surface area contributed by atoms with Crippen molar-refractivity contribution in [1.82, 2.24) is 0 Å². The van der Waals surface area contributed by atoms with Crippen molar-refractivity contribution in [2.75, 3.05) is 12.4 Å². The Bertz CT molecular complexity index is 1340. The SMILES string of the molecule is COc1cccc(C(=O)Nc2ccc3c(=O)cc(-c4ccc(C(C)(C)C)cc4)oc3c2)c1. The Morgan fingerprint density at radius 1 is 0.938 bits per heavy atom. The maximum Gasteiger partial charge on any atom is 0.255 e. The predicted molar refractivity (Wildman–Crippen MR) is 128 cm³/mol. The molecule has 0 saturated heterocycles. The van der Waals surface area contributed by atoms with E-state index < -0.39 is 0 Å². The molecule has 0 aliphatic rings. The highest BCUT2D eigenvalue weighted by Crippen LogP contribution is 2.28. The topological polar surface area (TPSA) is 68.5 Å². The molecule has 1 amide bonds. The number of benzene rings is 3. The molecule has 1 aromatic heterocycles. The summed E-state index contributed by atoms with van der Waals surface area (Å²) in [5.74, 6) is 0.808. The van der Waals surface area contributed by atoms with E-state index in [2.05, 4.69) is 26.1 Å². The number of hydrogen-bond acceptors (Lipinski definition) is 4. The third-order valence-corrected chi connectivity index (χ3v) is 5.35. The first-order valence-corrected chi connectivity index (χ1v) is 10.4. The zero-order valence-electron chi connectivity index (χ0n) is 18.6. The number of hydrogen-bond donors (Lipinski definition) is 1. The van der Waals surface area contributed by atoms with Crippen LogP contribution in [-0.2, 0) is 5.41 Å². The molecule has 0 fully saturated rings. The van der Waals surface area contributed by atoms with Crippen LogP contribution in [0.1, 0.15) is 36.7 Å². The first-order chi connectivity index (χ1) is 15.2. The molecule has 0 aliphatic heterocycles.